The normalized spacial score (nSPS) is 10.4. The van der Waals surface area contributed by atoms with Crippen molar-refractivity contribution in [2.24, 2.45) is 0 Å². The molecule has 7 heteroatoms. The number of ether oxygens (including phenoxy) is 1. The Bertz CT molecular complexity index is 948. The number of methoxy groups -OCH3 is 1. The zero-order valence-corrected chi connectivity index (χ0v) is 15.1. The van der Waals surface area contributed by atoms with Crippen LogP contribution in [0.4, 0.5) is 5.69 Å². The first-order chi connectivity index (χ1) is 13.1. The summed E-state index contributed by atoms with van der Waals surface area (Å²) in [5.74, 6) is 0.316. The minimum absolute atomic E-state index is 0.184. The molecule has 138 valence electrons. The van der Waals surface area contributed by atoms with E-state index in [2.05, 4.69) is 20.2 Å². The average Bonchev–Trinajstić information content (AvgIpc) is 3.15. The summed E-state index contributed by atoms with van der Waals surface area (Å²) in [7, 11) is 1.32. The van der Waals surface area contributed by atoms with Gasteiger partial charge in [0.15, 0.2) is 0 Å². The topological polar surface area (TPSA) is 94.3 Å². The van der Waals surface area contributed by atoms with Crippen molar-refractivity contribution in [2.45, 2.75) is 19.8 Å². The molecule has 0 fully saturated rings. The largest absolute Gasteiger partial charge is 0.465 e. The third-order valence-electron chi connectivity index (χ3n) is 4.01. The molecule has 1 aromatic heterocycles. The van der Waals surface area contributed by atoms with Gasteiger partial charge >= 0.3 is 5.97 Å². The fourth-order valence-electron chi connectivity index (χ4n) is 2.54. The lowest BCUT2D eigenvalue weighted by Gasteiger charge is -2.05. The molecule has 2 aromatic carbocycles. The lowest BCUT2D eigenvalue weighted by atomic mass is 10.1. The van der Waals surface area contributed by atoms with Crippen LogP contribution in [0, 0.1) is 6.92 Å². The van der Waals surface area contributed by atoms with Crippen LogP contribution in [0.5, 0.6) is 0 Å². The first-order valence-electron chi connectivity index (χ1n) is 8.43. The maximum atomic E-state index is 12.1. The van der Waals surface area contributed by atoms with Gasteiger partial charge in [-0.25, -0.2) is 4.79 Å². The van der Waals surface area contributed by atoms with Crippen molar-refractivity contribution in [1.29, 1.82) is 0 Å². The maximum absolute atomic E-state index is 12.1. The number of nitrogens with zero attached hydrogens (tertiary/aromatic N) is 2. The Kier molecular flexibility index (Phi) is 5.61. The van der Waals surface area contributed by atoms with Crippen LogP contribution in [0.15, 0.2) is 53.1 Å². The van der Waals surface area contributed by atoms with E-state index in [1.54, 1.807) is 24.3 Å². The van der Waals surface area contributed by atoms with Crippen molar-refractivity contribution >= 4 is 17.6 Å². The van der Waals surface area contributed by atoms with Gasteiger partial charge in [-0.15, -0.1) is 0 Å². The zero-order valence-electron chi connectivity index (χ0n) is 15.1. The summed E-state index contributed by atoms with van der Waals surface area (Å²) in [5.41, 5.74) is 2.98. The molecule has 0 bridgehead atoms. The van der Waals surface area contributed by atoms with Gasteiger partial charge < -0.3 is 14.6 Å². The van der Waals surface area contributed by atoms with Crippen LogP contribution in [0.2, 0.25) is 0 Å². The van der Waals surface area contributed by atoms with Crippen LogP contribution in [-0.4, -0.2) is 29.1 Å². The Morgan fingerprint density at radius 2 is 1.85 bits per heavy atom. The Morgan fingerprint density at radius 1 is 1.11 bits per heavy atom. The highest BCUT2D eigenvalue weighted by molar-refractivity contribution is 5.93. The molecule has 0 aliphatic rings. The molecule has 1 N–H and O–H groups in total. The van der Waals surface area contributed by atoms with Gasteiger partial charge in [0.25, 0.3) is 0 Å². The van der Waals surface area contributed by atoms with E-state index in [4.69, 9.17) is 4.52 Å². The highest BCUT2D eigenvalue weighted by atomic mass is 16.5. The van der Waals surface area contributed by atoms with Crippen molar-refractivity contribution in [2.75, 3.05) is 12.4 Å². The number of carbonyl (C=O) groups is 2. The summed E-state index contributed by atoms with van der Waals surface area (Å²) < 4.78 is 9.87. The Labute approximate surface area is 156 Å². The summed E-state index contributed by atoms with van der Waals surface area (Å²) in [6, 6.07) is 14.2. The number of carbonyl (C=O) groups excluding carboxylic acids is 2. The molecule has 0 spiro atoms. The number of hydrogen-bond donors (Lipinski definition) is 1. The number of anilines is 1. The average molecular weight is 365 g/mol. The molecule has 1 amide bonds. The summed E-state index contributed by atoms with van der Waals surface area (Å²) >= 11 is 0. The monoisotopic (exact) mass is 365 g/mol. The quantitative estimate of drug-likeness (QED) is 0.673. The summed E-state index contributed by atoms with van der Waals surface area (Å²) in [5, 5.41) is 6.74. The summed E-state index contributed by atoms with van der Waals surface area (Å²) in [6.45, 7) is 1.98. The molecule has 27 heavy (non-hydrogen) atoms. The smallest absolute Gasteiger partial charge is 0.337 e. The van der Waals surface area contributed by atoms with E-state index in [0.29, 0.717) is 29.4 Å². The number of rotatable bonds is 6. The maximum Gasteiger partial charge on any atom is 0.337 e. The molecule has 3 rings (SSSR count). The standard InChI is InChI=1S/C20H19N3O4/c1-13-5-3-4-6-16(13)19-22-18(27-23-19)12-11-17(24)21-15-9-7-14(8-10-15)20(25)26-2/h3-10H,11-12H2,1-2H3,(H,21,24). The first kappa shape index (κ1) is 18.3. The third-order valence-corrected chi connectivity index (χ3v) is 4.01. The van der Waals surface area contributed by atoms with Crippen LogP contribution in [0.25, 0.3) is 11.4 Å². The number of aromatic nitrogens is 2. The van der Waals surface area contributed by atoms with Crippen molar-refractivity contribution in [3.8, 4) is 11.4 Å². The number of esters is 1. The van der Waals surface area contributed by atoms with Crippen LogP contribution in [0.3, 0.4) is 0 Å². The van der Waals surface area contributed by atoms with E-state index >= 15 is 0 Å². The molecular formula is C20H19N3O4. The number of amides is 1. The molecule has 3 aromatic rings. The molecule has 0 unspecified atom stereocenters. The predicted molar refractivity (Wildman–Crippen MR) is 99.2 cm³/mol. The van der Waals surface area contributed by atoms with Gasteiger partial charge in [0.05, 0.1) is 12.7 Å². The molecule has 0 radical (unpaired) electrons. The van der Waals surface area contributed by atoms with Crippen molar-refractivity contribution in [3.05, 3.63) is 65.5 Å². The van der Waals surface area contributed by atoms with E-state index in [0.717, 1.165) is 11.1 Å². The minimum Gasteiger partial charge on any atom is -0.465 e. The second kappa shape index (κ2) is 8.27. The van der Waals surface area contributed by atoms with E-state index in [9.17, 15) is 9.59 Å². The van der Waals surface area contributed by atoms with Crippen molar-refractivity contribution in [1.82, 2.24) is 10.1 Å². The first-order valence-corrected chi connectivity index (χ1v) is 8.43. The molecule has 0 aliphatic heterocycles. The number of hydrogen-bond acceptors (Lipinski definition) is 6. The van der Waals surface area contributed by atoms with Gasteiger partial charge in [0.2, 0.25) is 17.6 Å². The van der Waals surface area contributed by atoms with E-state index in [1.165, 1.54) is 7.11 Å². The molecule has 1 heterocycles. The SMILES string of the molecule is COC(=O)c1ccc(NC(=O)CCc2nc(-c3ccccc3C)no2)cc1. The second-order valence-electron chi connectivity index (χ2n) is 5.94. The Morgan fingerprint density at radius 3 is 2.56 bits per heavy atom. The zero-order chi connectivity index (χ0) is 19.2. The lowest BCUT2D eigenvalue weighted by molar-refractivity contribution is -0.116. The molecule has 0 saturated heterocycles. The van der Waals surface area contributed by atoms with E-state index in [1.807, 2.05) is 31.2 Å². The van der Waals surface area contributed by atoms with Gasteiger partial charge in [0, 0.05) is 24.1 Å². The molecule has 7 nitrogen and oxygen atoms in total. The van der Waals surface area contributed by atoms with Gasteiger partial charge in [-0.1, -0.05) is 29.4 Å². The Balaban J connectivity index is 1.55. The van der Waals surface area contributed by atoms with E-state index < -0.39 is 5.97 Å². The molecule has 0 atom stereocenters. The van der Waals surface area contributed by atoms with Crippen molar-refractivity contribution < 1.29 is 18.8 Å². The molecule has 0 saturated carbocycles. The van der Waals surface area contributed by atoms with Crippen molar-refractivity contribution in [3.63, 3.8) is 0 Å². The minimum atomic E-state index is -0.422. The van der Waals surface area contributed by atoms with E-state index in [-0.39, 0.29) is 12.3 Å². The number of nitrogens with one attached hydrogen (secondary N) is 1. The number of aryl methyl sites for hydroxylation is 2. The second-order valence-corrected chi connectivity index (χ2v) is 5.94. The fourth-order valence-corrected chi connectivity index (χ4v) is 2.54. The summed E-state index contributed by atoms with van der Waals surface area (Å²) in [4.78, 5) is 27.8. The molecule has 0 aliphatic carbocycles. The van der Waals surface area contributed by atoms with Gasteiger partial charge in [-0.3, -0.25) is 4.79 Å². The third kappa shape index (κ3) is 4.58. The van der Waals surface area contributed by atoms with Gasteiger partial charge in [0.1, 0.15) is 0 Å². The highest BCUT2D eigenvalue weighted by Crippen LogP contribution is 2.20. The fraction of sp³-hybridized carbons (Fsp3) is 0.200. The van der Waals surface area contributed by atoms with Crippen LogP contribution in [0.1, 0.15) is 28.2 Å². The van der Waals surface area contributed by atoms with Gasteiger partial charge in [-0.05, 0) is 36.8 Å². The summed E-state index contributed by atoms with van der Waals surface area (Å²) in [6.07, 6.45) is 0.541. The number of benzene rings is 2. The van der Waals surface area contributed by atoms with Crippen LogP contribution >= 0.6 is 0 Å². The lowest BCUT2D eigenvalue weighted by Crippen LogP contribution is -2.12. The highest BCUT2D eigenvalue weighted by Gasteiger charge is 2.12. The Hall–Kier alpha value is -3.48. The molecular weight excluding hydrogens is 346 g/mol. The predicted octanol–water partition coefficient (Wildman–Crippen LogP) is 3.40. The van der Waals surface area contributed by atoms with Crippen LogP contribution in [-0.2, 0) is 16.0 Å². The van der Waals surface area contributed by atoms with Gasteiger partial charge in [-0.2, -0.15) is 4.98 Å². The van der Waals surface area contributed by atoms with Crippen LogP contribution < -0.4 is 5.32 Å².